The van der Waals surface area contributed by atoms with Crippen LogP contribution in [0.5, 0.6) is 0 Å². The van der Waals surface area contributed by atoms with E-state index in [1.54, 1.807) is 6.33 Å². The molecule has 0 unspecified atom stereocenters. The maximum atomic E-state index is 12.7. The van der Waals surface area contributed by atoms with E-state index in [4.69, 9.17) is 11.6 Å². The van der Waals surface area contributed by atoms with Crippen LogP contribution in [0, 0.1) is 6.92 Å². The zero-order chi connectivity index (χ0) is 20.5. The molecule has 3 aromatic heterocycles. The minimum Gasteiger partial charge on any atom is -0.364 e. The van der Waals surface area contributed by atoms with Gasteiger partial charge in [0.05, 0.1) is 6.33 Å². The minimum absolute atomic E-state index is 0.0328. The lowest BCUT2D eigenvalue weighted by Crippen LogP contribution is -2.24. The van der Waals surface area contributed by atoms with Gasteiger partial charge >= 0.3 is 0 Å². The topological polar surface area (TPSA) is 88.5 Å². The third-order valence-corrected chi connectivity index (χ3v) is 6.19. The molecule has 0 saturated heterocycles. The van der Waals surface area contributed by atoms with Crippen LogP contribution in [0.15, 0.2) is 11.1 Å². The number of aromatic amines is 1. The summed E-state index contributed by atoms with van der Waals surface area (Å²) < 4.78 is 2.06. The lowest BCUT2D eigenvalue weighted by atomic mass is 9.88. The van der Waals surface area contributed by atoms with E-state index >= 15 is 0 Å². The number of nitrogens with zero attached hydrogens (tertiary/aromatic N) is 4. The van der Waals surface area contributed by atoms with Gasteiger partial charge in [-0.1, -0.05) is 13.8 Å². The van der Waals surface area contributed by atoms with Crippen molar-refractivity contribution in [3.05, 3.63) is 44.3 Å². The molecule has 0 atom stereocenters. The maximum Gasteiger partial charge on any atom is 0.253 e. The molecular formula is C21H27ClN6O. The summed E-state index contributed by atoms with van der Waals surface area (Å²) in [5, 5.41) is 3.49. The van der Waals surface area contributed by atoms with E-state index in [1.807, 2.05) is 6.92 Å². The molecule has 2 N–H and O–H groups in total. The Morgan fingerprint density at radius 3 is 2.66 bits per heavy atom. The first-order chi connectivity index (χ1) is 14.0. The molecule has 4 rings (SSSR count). The zero-order valence-electron chi connectivity index (χ0n) is 17.2. The van der Waals surface area contributed by atoms with Crippen LogP contribution in [-0.2, 0) is 19.4 Å². The number of imidazole rings is 1. The monoisotopic (exact) mass is 414 g/mol. The number of aryl methyl sites for hydroxylation is 1. The van der Waals surface area contributed by atoms with Gasteiger partial charge in [0.25, 0.3) is 5.56 Å². The van der Waals surface area contributed by atoms with Crippen molar-refractivity contribution in [2.24, 2.45) is 0 Å². The van der Waals surface area contributed by atoms with Crippen molar-refractivity contribution in [1.82, 2.24) is 24.5 Å². The van der Waals surface area contributed by atoms with E-state index < -0.39 is 0 Å². The summed E-state index contributed by atoms with van der Waals surface area (Å²) in [5.74, 6) is 0.564. The van der Waals surface area contributed by atoms with Crippen molar-refractivity contribution in [2.45, 2.75) is 71.9 Å². The molecule has 0 aromatic carbocycles. The van der Waals surface area contributed by atoms with Gasteiger partial charge < -0.3 is 14.9 Å². The second-order valence-corrected chi connectivity index (χ2v) is 8.05. The van der Waals surface area contributed by atoms with E-state index in [9.17, 15) is 4.79 Å². The smallest absolute Gasteiger partial charge is 0.253 e. The number of aromatic nitrogens is 5. The zero-order valence-corrected chi connectivity index (χ0v) is 17.9. The quantitative estimate of drug-likeness (QED) is 0.586. The van der Waals surface area contributed by atoms with Gasteiger partial charge in [-0.3, -0.25) is 4.79 Å². The first kappa shape index (κ1) is 19.9. The van der Waals surface area contributed by atoms with Crippen LogP contribution in [0.1, 0.15) is 68.0 Å². The minimum atomic E-state index is -0.0328. The van der Waals surface area contributed by atoms with Crippen LogP contribution in [0.4, 0.5) is 5.82 Å². The van der Waals surface area contributed by atoms with E-state index in [0.29, 0.717) is 23.9 Å². The Morgan fingerprint density at radius 1 is 1.21 bits per heavy atom. The van der Waals surface area contributed by atoms with Crippen molar-refractivity contribution in [3.8, 4) is 0 Å². The van der Waals surface area contributed by atoms with E-state index in [0.717, 1.165) is 49.0 Å². The highest BCUT2D eigenvalue weighted by atomic mass is 35.5. The normalized spacial score (nSPS) is 13.8. The second kappa shape index (κ2) is 8.14. The number of hydrogen-bond acceptors (Lipinski definition) is 5. The van der Waals surface area contributed by atoms with Gasteiger partial charge in [-0.2, -0.15) is 9.97 Å². The Labute approximate surface area is 174 Å². The van der Waals surface area contributed by atoms with Crippen molar-refractivity contribution in [3.63, 3.8) is 0 Å². The Kier molecular flexibility index (Phi) is 5.58. The Balaban J connectivity index is 1.70. The van der Waals surface area contributed by atoms with Crippen molar-refractivity contribution >= 4 is 28.6 Å². The van der Waals surface area contributed by atoms with Crippen molar-refractivity contribution in [1.29, 1.82) is 0 Å². The van der Waals surface area contributed by atoms with Crippen LogP contribution < -0.4 is 10.9 Å². The molecule has 154 valence electrons. The first-order valence-electron chi connectivity index (χ1n) is 10.4. The third kappa shape index (κ3) is 3.64. The van der Waals surface area contributed by atoms with Gasteiger partial charge in [-0.15, -0.1) is 0 Å². The summed E-state index contributed by atoms with van der Waals surface area (Å²) in [5.41, 5.74) is 5.62. The van der Waals surface area contributed by atoms with Gasteiger partial charge in [0.1, 0.15) is 0 Å². The van der Waals surface area contributed by atoms with Crippen LogP contribution in [0.3, 0.4) is 0 Å². The SMILES string of the molecule is CCC(CC)n1cnc2c(NCc3c4c(c(C)[nH]c3=O)CCCC4)nc(Cl)nc21. The molecule has 0 spiro atoms. The van der Waals surface area contributed by atoms with Gasteiger partial charge in [-0.05, 0) is 68.2 Å². The number of nitrogens with one attached hydrogen (secondary N) is 2. The number of pyridine rings is 1. The number of halogens is 1. The highest BCUT2D eigenvalue weighted by Crippen LogP contribution is 2.28. The molecule has 3 heterocycles. The Bertz CT molecular complexity index is 1100. The van der Waals surface area contributed by atoms with Gasteiger partial charge in [0, 0.05) is 23.8 Å². The first-order valence-corrected chi connectivity index (χ1v) is 10.8. The van der Waals surface area contributed by atoms with E-state index in [1.165, 1.54) is 17.5 Å². The summed E-state index contributed by atoms with van der Waals surface area (Å²) in [6.45, 7) is 6.67. The fourth-order valence-electron chi connectivity index (χ4n) is 4.43. The summed E-state index contributed by atoms with van der Waals surface area (Å²) in [6.07, 6.45) is 8.02. The van der Waals surface area contributed by atoms with Gasteiger partial charge in [0.2, 0.25) is 5.28 Å². The molecule has 0 amide bonds. The molecular weight excluding hydrogens is 388 g/mol. The summed E-state index contributed by atoms with van der Waals surface area (Å²) in [7, 11) is 0. The Morgan fingerprint density at radius 2 is 1.93 bits per heavy atom. The number of rotatable bonds is 6. The fraction of sp³-hybridized carbons (Fsp3) is 0.524. The molecule has 1 aliphatic carbocycles. The highest BCUT2D eigenvalue weighted by Gasteiger charge is 2.20. The molecule has 1 aliphatic rings. The van der Waals surface area contributed by atoms with Crippen LogP contribution >= 0.6 is 11.6 Å². The maximum absolute atomic E-state index is 12.7. The second-order valence-electron chi connectivity index (χ2n) is 7.71. The van der Waals surface area contributed by atoms with Gasteiger partial charge in [-0.25, -0.2) is 4.98 Å². The lowest BCUT2D eigenvalue weighted by molar-refractivity contribution is 0.480. The number of anilines is 1. The average molecular weight is 415 g/mol. The summed E-state index contributed by atoms with van der Waals surface area (Å²) in [6, 6.07) is 0.311. The molecule has 29 heavy (non-hydrogen) atoms. The molecule has 0 saturated carbocycles. The van der Waals surface area contributed by atoms with Crippen LogP contribution in [0.2, 0.25) is 5.28 Å². The number of hydrogen-bond donors (Lipinski definition) is 2. The predicted octanol–water partition coefficient (Wildman–Crippen LogP) is 4.33. The fourth-order valence-corrected chi connectivity index (χ4v) is 4.60. The summed E-state index contributed by atoms with van der Waals surface area (Å²) >= 11 is 6.22. The molecule has 3 aromatic rings. The van der Waals surface area contributed by atoms with Crippen LogP contribution in [-0.4, -0.2) is 24.5 Å². The van der Waals surface area contributed by atoms with Crippen LogP contribution in [0.25, 0.3) is 11.2 Å². The number of fused-ring (bicyclic) bond motifs is 2. The number of H-pyrrole nitrogens is 1. The third-order valence-electron chi connectivity index (χ3n) is 6.02. The average Bonchev–Trinajstić information content (AvgIpc) is 3.12. The standard InChI is InChI=1S/C21H27ClN6O/c1-4-13(5-2)28-11-24-17-18(26-21(22)27-19(17)28)23-10-16-15-9-7-6-8-14(15)12(3)25-20(16)29/h11,13H,4-10H2,1-3H3,(H,25,29)(H,23,26,27). The van der Waals surface area contributed by atoms with E-state index in [2.05, 4.69) is 43.7 Å². The molecule has 7 nitrogen and oxygen atoms in total. The predicted molar refractivity (Wildman–Crippen MR) is 116 cm³/mol. The summed E-state index contributed by atoms with van der Waals surface area (Å²) in [4.78, 5) is 29.0. The molecule has 0 bridgehead atoms. The lowest BCUT2D eigenvalue weighted by Gasteiger charge is -2.21. The molecule has 8 heteroatoms. The molecule has 0 fully saturated rings. The largest absolute Gasteiger partial charge is 0.364 e. The van der Waals surface area contributed by atoms with Gasteiger partial charge in [0.15, 0.2) is 17.0 Å². The van der Waals surface area contributed by atoms with Crippen molar-refractivity contribution in [2.75, 3.05) is 5.32 Å². The molecule has 0 radical (unpaired) electrons. The molecule has 0 aliphatic heterocycles. The van der Waals surface area contributed by atoms with E-state index in [-0.39, 0.29) is 10.8 Å². The highest BCUT2D eigenvalue weighted by molar-refractivity contribution is 6.28. The Hall–Kier alpha value is -2.41. The van der Waals surface area contributed by atoms with Crippen molar-refractivity contribution < 1.29 is 0 Å².